The molecule has 4 nitrogen and oxygen atoms in total. The summed E-state index contributed by atoms with van der Waals surface area (Å²) in [5.74, 6) is 0. The van der Waals surface area contributed by atoms with Crippen LogP contribution in [-0.4, -0.2) is 20.3 Å². The van der Waals surface area contributed by atoms with Crippen molar-refractivity contribution in [3.05, 3.63) is 24.2 Å². The van der Waals surface area contributed by atoms with Gasteiger partial charge in [0, 0.05) is 11.6 Å². The Kier molecular flexibility index (Phi) is 1.55. The minimum atomic E-state index is -0.516. The molecule has 2 aromatic rings. The van der Waals surface area contributed by atoms with E-state index in [0.29, 0.717) is 0 Å². The third kappa shape index (κ3) is 0.967. The third-order valence-electron chi connectivity index (χ3n) is 1.80. The Morgan fingerprint density at radius 3 is 3.17 bits per heavy atom. The van der Waals surface area contributed by atoms with Crippen LogP contribution in [0.3, 0.4) is 0 Å². The standard InChI is InChI=1S/C8H9N3O/c1-5(12)8-6-2-3-9-4-7(6)10-11-8/h2-5,12H,1H3,(H,10,11). The normalized spacial score (nSPS) is 13.5. The van der Waals surface area contributed by atoms with Gasteiger partial charge in [0.05, 0.1) is 18.0 Å². The minimum absolute atomic E-state index is 0.516. The number of fused-ring (bicyclic) bond motifs is 1. The molecule has 2 aromatic heterocycles. The number of hydrogen-bond donors (Lipinski definition) is 2. The van der Waals surface area contributed by atoms with Gasteiger partial charge in [-0.05, 0) is 13.0 Å². The highest BCUT2D eigenvalue weighted by Gasteiger charge is 2.08. The van der Waals surface area contributed by atoms with Crippen LogP contribution in [0.1, 0.15) is 18.7 Å². The van der Waals surface area contributed by atoms with Gasteiger partial charge in [0.25, 0.3) is 0 Å². The molecule has 62 valence electrons. The van der Waals surface area contributed by atoms with Crippen molar-refractivity contribution in [1.82, 2.24) is 15.2 Å². The first-order chi connectivity index (χ1) is 5.79. The molecule has 0 radical (unpaired) electrons. The largest absolute Gasteiger partial charge is 0.387 e. The highest BCUT2D eigenvalue weighted by atomic mass is 16.3. The number of aromatic amines is 1. The summed E-state index contributed by atoms with van der Waals surface area (Å²) < 4.78 is 0. The molecule has 0 saturated heterocycles. The van der Waals surface area contributed by atoms with Crippen molar-refractivity contribution in [3.8, 4) is 0 Å². The van der Waals surface area contributed by atoms with E-state index in [2.05, 4.69) is 15.2 Å². The van der Waals surface area contributed by atoms with E-state index in [0.717, 1.165) is 16.6 Å². The maximum absolute atomic E-state index is 9.32. The highest BCUT2D eigenvalue weighted by Crippen LogP contribution is 2.19. The Bertz CT molecular complexity index is 394. The van der Waals surface area contributed by atoms with Gasteiger partial charge in [0.1, 0.15) is 5.52 Å². The number of nitrogens with one attached hydrogen (secondary N) is 1. The highest BCUT2D eigenvalue weighted by molar-refractivity contribution is 5.80. The molecule has 2 N–H and O–H groups in total. The zero-order chi connectivity index (χ0) is 8.55. The average molecular weight is 163 g/mol. The van der Waals surface area contributed by atoms with Crippen LogP contribution in [0.25, 0.3) is 10.9 Å². The second-order valence-electron chi connectivity index (χ2n) is 2.71. The Labute approximate surface area is 69.3 Å². The first-order valence-corrected chi connectivity index (χ1v) is 3.75. The summed E-state index contributed by atoms with van der Waals surface area (Å²) in [6, 6.07) is 1.83. The minimum Gasteiger partial charge on any atom is -0.387 e. The Balaban J connectivity index is 2.70. The van der Waals surface area contributed by atoms with Gasteiger partial charge in [-0.25, -0.2) is 0 Å². The number of aromatic nitrogens is 3. The average Bonchev–Trinajstić information content (AvgIpc) is 2.47. The van der Waals surface area contributed by atoms with Gasteiger partial charge < -0.3 is 5.11 Å². The van der Waals surface area contributed by atoms with Crippen LogP contribution in [0.5, 0.6) is 0 Å². The third-order valence-corrected chi connectivity index (χ3v) is 1.80. The lowest BCUT2D eigenvalue weighted by atomic mass is 10.2. The van der Waals surface area contributed by atoms with Gasteiger partial charge in [-0.3, -0.25) is 10.1 Å². The van der Waals surface area contributed by atoms with E-state index in [1.165, 1.54) is 0 Å². The molecular weight excluding hydrogens is 154 g/mol. The molecule has 0 aliphatic rings. The van der Waals surface area contributed by atoms with Gasteiger partial charge in [-0.15, -0.1) is 0 Å². The predicted octanol–water partition coefficient (Wildman–Crippen LogP) is 1.01. The van der Waals surface area contributed by atoms with Crippen LogP contribution in [0.2, 0.25) is 0 Å². The first kappa shape index (κ1) is 7.24. The fourth-order valence-corrected chi connectivity index (χ4v) is 1.20. The van der Waals surface area contributed by atoms with Crippen LogP contribution >= 0.6 is 0 Å². The lowest BCUT2D eigenvalue weighted by Crippen LogP contribution is -1.91. The maximum atomic E-state index is 9.32. The molecule has 1 atom stereocenters. The number of pyridine rings is 1. The lowest BCUT2D eigenvalue weighted by molar-refractivity contribution is 0.195. The van der Waals surface area contributed by atoms with Gasteiger partial charge >= 0.3 is 0 Å². The molecule has 0 aliphatic carbocycles. The molecule has 0 aliphatic heterocycles. The van der Waals surface area contributed by atoms with Gasteiger partial charge in [0.15, 0.2) is 0 Å². The summed E-state index contributed by atoms with van der Waals surface area (Å²) in [5.41, 5.74) is 1.53. The number of nitrogens with zero attached hydrogens (tertiary/aromatic N) is 2. The van der Waals surface area contributed by atoms with E-state index in [1.54, 1.807) is 19.3 Å². The van der Waals surface area contributed by atoms with Gasteiger partial charge in [-0.2, -0.15) is 5.10 Å². The van der Waals surface area contributed by atoms with E-state index < -0.39 is 6.10 Å². The van der Waals surface area contributed by atoms with Crippen molar-refractivity contribution in [2.45, 2.75) is 13.0 Å². The molecule has 0 fully saturated rings. The smallest absolute Gasteiger partial charge is 0.111 e. The Morgan fingerprint density at radius 1 is 1.58 bits per heavy atom. The molecule has 12 heavy (non-hydrogen) atoms. The molecule has 0 spiro atoms. The molecular formula is C8H9N3O. The van der Waals surface area contributed by atoms with Crippen LogP contribution in [0, 0.1) is 0 Å². The number of H-pyrrole nitrogens is 1. The van der Waals surface area contributed by atoms with E-state index in [-0.39, 0.29) is 0 Å². The molecule has 2 heterocycles. The van der Waals surface area contributed by atoms with Crippen molar-refractivity contribution in [3.63, 3.8) is 0 Å². The Hall–Kier alpha value is -1.42. The zero-order valence-corrected chi connectivity index (χ0v) is 6.65. The van der Waals surface area contributed by atoms with Crippen molar-refractivity contribution in [1.29, 1.82) is 0 Å². The molecule has 0 bridgehead atoms. The molecule has 4 heteroatoms. The quantitative estimate of drug-likeness (QED) is 0.659. The van der Waals surface area contributed by atoms with E-state index in [9.17, 15) is 5.11 Å². The summed E-state index contributed by atoms with van der Waals surface area (Å²) in [4.78, 5) is 3.92. The summed E-state index contributed by atoms with van der Waals surface area (Å²) in [6.45, 7) is 1.70. The number of aliphatic hydroxyl groups excluding tert-OH is 1. The molecule has 0 amide bonds. The monoisotopic (exact) mass is 163 g/mol. The van der Waals surface area contributed by atoms with Crippen LogP contribution < -0.4 is 0 Å². The van der Waals surface area contributed by atoms with Crippen LogP contribution in [0.15, 0.2) is 18.5 Å². The summed E-state index contributed by atoms with van der Waals surface area (Å²) >= 11 is 0. The van der Waals surface area contributed by atoms with Crippen molar-refractivity contribution in [2.24, 2.45) is 0 Å². The second kappa shape index (κ2) is 2.57. The molecule has 0 saturated carbocycles. The second-order valence-corrected chi connectivity index (χ2v) is 2.71. The van der Waals surface area contributed by atoms with E-state index in [1.807, 2.05) is 6.07 Å². The summed E-state index contributed by atoms with van der Waals surface area (Å²) in [6.07, 6.45) is 2.83. The first-order valence-electron chi connectivity index (χ1n) is 3.75. The van der Waals surface area contributed by atoms with Crippen LogP contribution in [-0.2, 0) is 0 Å². The molecule has 1 unspecified atom stereocenters. The number of hydrogen-bond acceptors (Lipinski definition) is 3. The van der Waals surface area contributed by atoms with Gasteiger partial charge in [-0.1, -0.05) is 0 Å². The number of aliphatic hydroxyl groups is 1. The Morgan fingerprint density at radius 2 is 2.42 bits per heavy atom. The van der Waals surface area contributed by atoms with Crippen molar-refractivity contribution < 1.29 is 5.11 Å². The molecule has 0 aromatic carbocycles. The number of rotatable bonds is 1. The predicted molar refractivity (Wildman–Crippen MR) is 44.5 cm³/mol. The maximum Gasteiger partial charge on any atom is 0.111 e. The topological polar surface area (TPSA) is 61.8 Å². The van der Waals surface area contributed by atoms with E-state index >= 15 is 0 Å². The fourth-order valence-electron chi connectivity index (χ4n) is 1.20. The zero-order valence-electron chi connectivity index (χ0n) is 6.65. The van der Waals surface area contributed by atoms with Crippen molar-refractivity contribution in [2.75, 3.05) is 0 Å². The SMILES string of the molecule is CC(O)c1[nH]nc2cnccc12. The summed E-state index contributed by atoms with van der Waals surface area (Å²) in [7, 11) is 0. The van der Waals surface area contributed by atoms with E-state index in [4.69, 9.17) is 0 Å². The van der Waals surface area contributed by atoms with Crippen LogP contribution in [0.4, 0.5) is 0 Å². The van der Waals surface area contributed by atoms with Crippen molar-refractivity contribution >= 4 is 10.9 Å². The fraction of sp³-hybridized carbons (Fsp3) is 0.250. The van der Waals surface area contributed by atoms with Gasteiger partial charge in [0.2, 0.25) is 0 Å². The summed E-state index contributed by atoms with van der Waals surface area (Å²) in [5, 5.41) is 17.0. The lowest BCUT2D eigenvalue weighted by Gasteiger charge is -1.98. The molecule has 2 rings (SSSR count).